The van der Waals surface area contributed by atoms with Gasteiger partial charge in [0.1, 0.15) is 12.4 Å². The van der Waals surface area contributed by atoms with Crippen LogP contribution in [-0.4, -0.2) is 28.5 Å². The van der Waals surface area contributed by atoms with Gasteiger partial charge in [-0.15, -0.1) is 0 Å². The molecule has 0 aliphatic rings. The van der Waals surface area contributed by atoms with Gasteiger partial charge in [-0.05, 0) is 19.1 Å². The van der Waals surface area contributed by atoms with Crippen LogP contribution in [0.5, 0.6) is 0 Å². The summed E-state index contributed by atoms with van der Waals surface area (Å²) in [7, 11) is 1.35. The number of hydrogen-bond donors (Lipinski definition) is 1. The van der Waals surface area contributed by atoms with Gasteiger partial charge < -0.3 is 14.6 Å². The molecule has 1 aromatic heterocycles. The average Bonchev–Trinajstić information content (AvgIpc) is 2.85. The summed E-state index contributed by atoms with van der Waals surface area (Å²) < 4.78 is 6.55. The highest BCUT2D eigenvalue weighted by molar-refractivity contribution is 5.82. The molecule has 1 N–H and O–H groups in total. The smallest absolute Gasteiger partial charge is 0.325 e. The number of hydrogen-bond acceptors (Lipinski definition) is 4. The van der Waals surface area contributed by atoms with Crippen LogP contribution in [0.25, 0.3) is 11.0 Å². The minimum absolute atomic E-state index is 0.0576. The van der Waals surface area contributed by atoms with E-state index in [4.69, 9.17) is 4.74 Å². The van der Waals surface area contributed by atoms with E-state index in [2.05, 4.69) is 10.3 Å². The third kappa shape index (κ3) is 3.70. The van der Waals surface area contributed by atoms with Gasteiger partial charge in [-0.2, -0.15) is 0 Å². The van der Waals surface area contributed by atoms with Gasteiger partial charge in [-0.1, -0.05) is 32.9 Å². The number of amides is 1. The van der Waals surface area contributed by atoms with Crippen molar-refractivity contribution in [3.05, 3.63) is 30.1 Å². The molecule has 0 saturated carbocycles. The second-order valence-electron chi connectivity index (χ2n) is 6.57. The lowest BCUT2D eigenvalue weighted by atomic mass is 9.95. The van der Waals surface area contributed by atoms with Crippen molar-refractivity contribution in [2.45, 2.75) is 40.3 Å². The zero-order chi connectivity index (χ0) is 17.2. The molecule has 23 heavy (non-hydrogen) atoms. The molecule has 1 atom stereocenters. The molecule has 0 fully saturated rings. The van der Waals surface area contributed by atoms with E-state index in [0.717, 1.165) is 11.0 Å². The predicted molar refractivity (Wildman–Crippen MR) is 87.8 cm³/mol. The Labute approximate surface area is 135 Å². The Morgan fingerprint density at radius 3 is 2.57 bits per heavy atom. The van der Waals surface area contributed by atoms with Crippen LogP contribution in [0.4, 0.5) is 0 Å². The first-order chi connectivity index (χ1) is 10.7. The Hall–Kier alpha value is -2.37. The van der Waals surface area contributed by atoms with Gasteiger partial charge in [0.25, 0.3) is 0 Å². The molecule has 6 heteroatoms. The summed E-state index contributed by atoms with van der Waals surface area (Å²) in [5, 5.41) is 2.95. The molecule has 0 saturated heterocycles. The molecule has 1 heterocycles. The summed E-state index contributed by atoms with van der Waals surface area (Å²) >= 11 is 0. The molecule has 2 aromatic rings. The molecule has 0 aliphatic carbocycles. The zero-order valence-corrected chi connectivity index (χ0v) is 14.2. The number of esters is 1. The van der Waals surface area contributed by atoms with E-state index >= 15 is 0 Å². The number of aromatic nitrogens is 2. The highest BCUT2D eigenvalue weighted by Gasteiger charge is 2.26. The van der Waals surface area contributed by atoms with E-state index < -0.39 is 5.41 Å². The van der Waals surface area contributed by atoms with Crippen LogP contribution in [0.1, 0.15) is 39.6 Å². The van der Waals surface area contributed by atoms with Crippen LogP contribution in [0.2, 0.25) is 0 Å². The number of nitrogens with zero attached hydrogens (tertiary/aromatic N) is 2. The van der Waals surface area contributed by atoms with Crippen molar-refractivity contribution in [3.8, 4) is 0 Å². The lowest BCUT2D eigenvalue weighted by molar-refractivity contribution is -0.141. The molecule has 0 spiro atoms. The Balaban J connectivity index is 2.40. The summed E-state index contributed by atoms with van der Waals surface area (Å²) in [6.07, 6.45) is 0. The Bertz CT molecular complexity index is 728. The van der Waals surface area contributed by atoms with E-state index in [9.17, 15) is 9.59 Å². The number of methoxy groups -OCH3 is 1. The highest BCUT2D eigenvalue weighted by atomic mass is 16.5. The van der Waals surface area contributed by atoms with Gasteiger partial charge in [-0.3, -0.25) is 9.59 Å². The van der Waals surface area contributed by atoms with Crippen LogP contribution in [-0.2, 0) is 20.9 Å². The standard InChI is InChI=1S/C17H23N3O3/c1-11(18-16(22)17(2,3)4)15-19-12-8-6-7-9-13(12)20(15)10-14(21)23-5/h6-9,11H,10H2,1-5H3,(H,18,22). The molecule has 0 aliphatic heterocycles. The van der Waals surface area contributed by atoms with E-state index in [-0.39, 0.29) is 24.5 Å². The summed E-state index contributed by atoms with van der Waals surface area (Å²) in [5.41, 5.74) is 1.13. The maximum atomic E-state index is 12.2. The van der Waals surface area contributed by atoms with E-state index in [1.807, 2.05) is 52.0 Å². The molecular formula is C17H23N3O3. The quantitative estimate of drug-likeness (QED) is 0.879. The summed E-state index contributed by atoms with van der Waals surface area (Å²) in [6.45, 7) is 7.48. The van der Waals surface area contributed by atoms with E-state index in [0.29, 0.717) is 5.82 Å². The lowest BCUT2D eigenvalue weighted by Crippen LogP contribution is -2.37. The number of rotatable bonds is 4. The summed E-state index contributed by atoms with van der Waals surface area (Å²) in [5.74, 6) is 0.208. The number of carbonyl (C=O) groups excluding carboxylic acids is 2. The Kier molecular flexibility index (Phi) is 4.73. The lowest BCUT2D eigenvalue weighted by Gasteiger charge is -2.22. The molecular weight excluding hydrogens is 294 g/mol. The van der Waals surface area contributed by atoms with Crippen LogP contribution in [0, 0.1) is 5.41 Å². The van der Waals surface area contributed by atoms with Crippen LogP contribution in [0.3, 0.4) is 0 Å². The van der Waals surface area contributed by atoms with E-state index in [1.54, 1.807) is 4.57 Å². The first kappa shape index (κ1) is 17.0. The first-order valence-electron chi connectivity index (χ1n) is 7.57. The molecule has 6 nitrogen and oxygen atoms in total. The van der Waals surface area contributed by atoms with Crippen LogP contribution >= 0.6 is 0 Å². The summed E-state index contributed by atoms with van der Waals surface area (Å²) in [4.78, 5) is 28.5. The Morgan fingerprint density at radius 2 is 1.96 bits per heavy atom. The molecule has 1 unspecified atom stereocenters. The van der Waals surface area contributed by atoms with E-state index in [1.165, 1.54) is 7.11 Å². The van der Waals surface area contributed by atoms with Crippen molar-refractivity contribution in [1.29, 1.82) is 0 Å². The maximum Gasteiger partial charge on any atom is 0.325 e. The Morgan fingerprint density at radius 1 is 1.30 bits per heavy atom. The molecule has 1 amide bonds. The number of imidazole rings is 1. The van der Waals surface area contributed by atoms with Crippen molar-refractivity contribution >= 4 is 22.9 Å². The van der Waals surface area contributed by atoms with Crippen LogP contribution < -0.4 is 5.32 Å². The van der Waals surface area contributed by atoms with Gasteiger partial charge in [-0.25, -0.2) is 4.98 Å². The number of carbonyl (C=O) groups is 2. The van der Waals surface area contributed by atoms with Gasteiger partial charge in [0.15, 0.2) is 0 Å². The maximum absolute atomic E-state index is 12.2. The molecule has 0 radical (unpaired) electrons. The number of benzene rings is 1. The normalized spacial score (nSPS) is 12.9. The molecule has 124 valence electrons. The second kappa shape index (κ2) is 6.40. The van der Waals surface area contributed by atoms with Crippen molar-refractivity contribution in [1.82, 2.24) is 14.9 Å². The minimum atomic E-state index is -0.493. The van der Waals surface area contributed by atoms with Gasteiger partial charge in [0.05, 0.1) is 24.2 Å². The minimum Gasteiger partial charge on any atom is -0.468 e. The fraction of sp³-hybridized carbons (Fsp3) is 0.471. The van der Waals surface area contributed by atoms with Gasteiger partial charge in [0, 0.05) is 5.41 Å². The predicted octanol–water partition coefficient (Wildman–Crippen LogP) is 2.43. The topological polar surface area (TPSA) is 73.2 Å². The second-order valence-corrected chi connectivity index (χ2v) is 6.57. The fourth-order valence-corrected chi connectivity index (χ4v) is 2.26. The fourth-order valence-electron chi connectivity index (χ4n) is 2.26. The molecule has 2 rings (SSSR count). The third-order valence-electron chi connectivity index (χ3n) is 3.62. The first-order valence-corrected chi connectivity index (χ1v) is 7.57. The van der Waals surface area contributed by atoms with Crippen LogP contribution in [0.15, 0.2) is 24.3 Å². The SMILES string of the molecule is COC(=O)Cn1c(C(C)NC(=O)C(C)(C)C)nc2ccccc21. The zero-order valence-electron chi connectivity index (χ0n) is 14.2. The monoisotopic (exact) mass is 317 g/mol. The molecule has 1 aromatic carbocycles. The number of ether oxygens (including phenoxy) is 1. The summed E-state index contributed by atoms with van der Waals surface area (Å²) in [6, 6.07) is 7.23. The number of nitrogens with one attached hydrogen (secondary N) is 1. The molecule has 0 bridgehead atoms. The van der Waals surface area contributed by atoms with Crippen molar-refractivity contribution in [3.63, 3.8) is 0 Å². The largest absolute Gasteiger partial charge is 0.468 e. The number of para-hydroxylation sites is 2. The van der Waals surface area contributed by atoms with Gasteiger partial charge >= 0.3 is 5.97 Å². The van der Waals surface area contributed by atoms with Crippen molar-refractivity contribution < 1.29 is 14.3 Å². The average molecular weight is 317 g/mol. The van der Waals surface area contributed by atoms with Crippen molar-refractivity contribution in [2.75, 3.05) is 7.11 Å². The highest BCUT2D eigenvalue weighted by Crippen LogP contribution is 2.22. The van der Waals surface area contributed by atoms with Gasteiger partial charge in [0.2, 0.25) is 5.91 Å². The number of fused-ring (bicyclic) bond motifs is 1. The third-order valence-corrected chi connectivity index (χ3v) is 3.62. The van der Waals surface area contributed by atoms with Crippen molar-refractivity contribution in [2.24, 2.45) is 5.41 Å².